The lowest BCUT2D eigenvalue weighted by molar-refractivity contribution is 0.726. The van der Waals surface area contributed by atoms with Crippen molar-refractivity contribution in [1.82, 2.24) is 10.6 Å². The average molecular weight is 403 g/mol. The van der Waals surface area contributed by atoms with Crippen LogP contribution in [0.2, 0.25) is 0 Å². The van der Waals surface area contributed by atoms with Gasteiger partial charge in [0.2, 0.25) is 0 Å². The predicted octanol–water partition coefficient (Wildman–Crippen LogP) is 2.81. The molecular weight excluding hydrogens is 377 g/mol. The summed E-state index contributed by atoms with van der Waals surface area (Å²) in [7, 11) is 0. The third kappa shape index (κ3) is 7.99. The number of halogens is 1. The molecule has 1 rings (SSSR count). The van der Waals surface area contributed by atoms with Gasteiger partial charge >= 0.3 is 0 Å². The Balaban J connectivity index is 0.00000289. The highest BCUT2D eigenvalue weighted by Crippen LogP contribution is 2.25. The van der Waals surface area contributed by atoms with Crippen LogP contribution in [0.5, 0.6) is 0 Å². The number of hydrogen-bond acceptors (Lipinski definition) is 3. The first-order valence-corrected chi connectivity index (χ1v) is 8.76. The third-order valence-corrected chi connectivity index (χ3v) is 5.13. The molecule has 0 bridgehead atoms. The SMILES string of the molecule is CCNC(=NCC(C)SC)NCC1CCCS1.I. The van der Waals surface area contributed by atoms with E-state index in [1.165, 1.54) is 18.6 Å². The maximum atomic E-state index is 4.61. The van der Waals surface area contributed by atoms with E-state index in [1.54, 1.807) is 0 Å². The minimum absolute atomic E-state index is 0. The highest BCUT2D eigenvalue weighted by atomic mass is 127. The van der Waals surface area contributed by atoms with Crippen LogP contribution in [0.1, 0.15) is 26.7 Å². The molecule has 1 heterocycles. The summed E-state index contributed by atoms with van der Waals surface area (Å²) < 4.78 is 0. The minimum Gasteiger partial charge on any atom is -0.357 e. The van der Waals surface area contributed by atoms with Gasteiger partial charge in [0.15, 0.2) is 5.96 Å². The molecule has 2 atom stereocenters. The molecule has 0 aromatic rings. The van der Waals surface area contributed by atoms with Gasteiger partial charge in [0.1, 0.15) is 0 Å². The van der Waals surface area contributed by atoms with Crippen LogP contribution in [0.15, 0.2) is 4.99 Å². The zero-order valence-electron chi connectivity index (χ0n) is 11.6. The number of guanidine groups is 1. The van der Waals surface area contributed by atoms with E-state index in [9.17, 15) is 0 Å². The van der Waals surface area contributed by atoms with Crippen LogP contribution >= 0.6 is 47.5 Å². The van der Waals surface area contributed by atoms with Crippen LogP contribution < -0.4 is 10.6 Å². The zero-order valence-corrected chi connectivity index (χ0v) is 15.5. The van der Waals surface area contributed by atoms with Crippen molar-refractivity contribution >= 4 is 53.5 Å². The molecule has 3 nitrogen and oxygen atoms in total. The summed E-state index contributed by atoms with van der Waals surface area (Å²) >= 11 is 3.94. The van der Waals surface area contributed by atoms with Gasteiger partial charge in [-0.1, -0.05) is 6.92 Å². The largest absolute Gasteiger partial charge is 0.357 e. The standard InChI is InChI=1S/C12H25N3S2.HI/c1-4-13-12(14-8-10(2)16-3)15-9-11-6-5-7-17-11;/h10-11H,4-9H2,1-3H3,(H2,13,14,15);1H. The van der Waals surface area contributed by atoms with Crippen molar-refractivity contribution in [3.05, 3.63) is 0 Å². The average Bonchev–Trinajstić information content (AvgIpc) is 2.85. The predicted molar refractivity (Wildman–Crippen MR) is 97.9 cm³/mol. The lowest BCUT2D eigenvalue weighted by Crippen LogP contribution is -2.40. The number of nitrogens with zero attached hydrogens (tertiary/aromatic N) is 1. The Morgan fingerprint density at radius 1 is 1.50 bits per heavy atom. The topological polar surface area (TPSA) is 36.4 Å². The fourth-order valence-corrected chi connectivity index (χ4v) is 3.08. The molecule has 1 saturated heterocycles. The van der Waals surface area contributed by atoms with Gasteiger partial charge in [0, 0.05) is 23.6 Å². The molecule has 0 amide bonds. The van der Waals surface area contributed by atoms with Crippen LogP contribution in [-0.2, 0) is 0 Å². The number of thioether (sulfide) groups is 2. The quantitative estimate of drug-likeness (QED) is 0.406. The molecule has 0 aliphatic carbocycles. The number of nitrogens with one attached hydrogen (secondary N) is 2. The van der Waals surface area contributed by atoms with E-state index in [0.29, 0.717) is 5.25 Å². The van der Waals surface area contributed by atoms with E-state index in [2.05, 4.69) is 47.5 Å². The van der Waals surface area contributed by atoms with Gasteiger partial charge in [0.25, 0.3) is 0 Å². The zero-order chi connectivity index (χ0) is 12.5. The number of aliphatic imine (C=N–C) groups is 1. The lowest BCUT2D eigenvalue weighted by atomic mass is 10.2. The van der Waals surface area contributed by atoms with Crippen molar-refractivity contribution in [3.8, 4) is 0 Å². The molecule has 18 heavy (non-hydrogen) atoms. The van der Waals surface area contributed by atoms with Crippen molar-refractivity contribution in [1.29, 1.82) is 0 Å². The molecule has 0 spiro atoms. The second kappa shape index (κ2) is 11.5. The highest BCUT2D eigenvalue weighted by Gasteiger charge is 2.15. The van der Waals surface area contributed by atoms with Crippen molar-refractivity contribution in [2.75, 3.05) is 31.6 Å². The molecule has 0 radical (unpaired) electrons. The van der Waals surface area contributed by atoms with Crippen LogP contribution in [0, 0.1) is 0 Å². The fourth-order valence-electron chi connectivity index (χ4n) is 1.65. The Hall–Kier alpha value is 0.700. The van der Waals surface area contributed by atoms with Crippen LogP contribution in [0.3, 0.4) is 0 Å². The van der Waals surface area contributed by atoms with Crippen LogP contribution in [0.4, 0.5) is 0 Å². The Bertz CT molecular complexity index is 233. The lowest BCUT2D eigenvalue weighted by Gasteiger charge is -2.15. The van der Waals surface area contributed by atoms with Crippen molar-refractivity contribution < 1.29 is 0 Å². The summed E-state index contributed by atoms with van der Waals surface area (Å²) in [4.78, 5) is 4.61. The van der Waals surface area contributed by atoms with Gasteiger partial charge in [-0.05, 0) is 31.8 Å². The maximum Gasteiger partial charge on any atom is 0.191 e. The molecule has 0 aromatic heterocycles. The number of rotatable bonds is 6. The molecule has 1 fully saturated rings. The Morgan fingerprint density at radius 3 is 2.83 bits per heavy atom. The van der Waals surface area contributed by atoms with Gasteiger partial charge in [0.05, 0.1) is 6.54 Å². The summed E-state index contributed by atoms with van der Waals surface area (Å²) in [5.41, 5.74) is 0. The summed E-state index contributed by atoms with van der Waals surface area (Å²) in [5.74, 6) is 2.30. The monoisotopic (exact) mass is 403 g/mol. The van der Waals surface area contributed by atoms with Gasteiger partial charge < -0.3 is 10.6 Å². The molecule has 6 heteroatoms. The Kier molecular flexibility index (Phi) is 12.0. The summed E-state index contributed by atoms with van der Waals surface area (Å²) in [6.45, 7) is 7.18. The van der Waals surface area contributed by atoms with Gasteiger partial charge in [-0.3, -0.25) is 4.99 Å². The number of hydrogen-bond donors (Lipinski definition) is 2. The molecular formula is C12H26IN3S2. The third-order valence-electron chi connectivity index (χ3n) is 2.77. The van der Waals surface area contributed by atoms with Crippen molar-refractivity contribution in [2.45, 2.75) is 37.2 Å². The smallest absolute Gasteiger partial charge is 0.191 e. The first kappa shape index (κ1) is 18.7. The fraction of sp³-hybridized carbons (Fsp3) is 0.917. The van der Waals surface area contributed by atoms with Gasteiger partial charge in [-0.2, -0.15) is 23.5 Å². The van der Waals surface area contributed by atoms with Gasteiger partial charge in [-0.25, -0.2) is 0 Å². The Morgan fingerprint density at radius 2 is 2.28 bits per heavy atom. The van der Waals surface area contributed by atoms with E-state index in [4.69, 9.17) is 0 Å². The second-order valence-electron chi connectivity index (χ2n) is 4.28. The maximum absolute atomic E-state index is 4.61. The second-order valence-corrected chi connectivity index (χ2v) is 6.97. The summed E-state index contributed by atoms with van der Waals surface area (Å²) in [6.07, 6.45) is 4.85. The first-order valence-electron chi connectivity index (χ1n) is 6.42. The normalized spacial score (nSPS) is 21.3. The molecule has 2 unspecified atom stereocenters. The summed E-state index contributed by atoms with van der Waals surface area (Å²) in [5, 5.41) is 8.12. The minimum atomic E-state index is 0. The van der Waals surface area contributed by atoms with Crippen molar-refractivity contribution in [2.24, 2.45) is 4.99 Å². The molecule has 1 aliphatic heterocycles. The van der Waals surface area contributed by atoms with E-state index in [-0.39, 0.29) is 24.0 Å². The highest BCUT2D eigenvalue weighted by molar-refractivity contribution is 14.0. The molecule has 1 aliphatic rings. The van der Waals surface area contributed by atoms with Gasteiger partial charge in [-0.15, -0.1) is 24.0 Å². The molecule has 0 saturated carbocycles. The van der Waals surface area contributed by atoms with Crippen LogP contribution in [0.25, 0.3) is 0 Å². The molecule has 108 valence electrons. The summed E-state index contributed by atoms with van der Waals surface area (Å²) in [6, 6.07) is 0. The van der Waals surface area contributed by atoms with Crippen LogP contribution in [-0.4, -0.2) is 48.1 Å². The van der Waals surface area contributed by atoms with E-state index in [0.717, 1.165) is 30.8 Å². The van der Waals surface area contributed by atoms with E-state index in [1.807, 2.05) is 11.8 Å². The van der Waals surface area contributed by atoms with Crippen molar-refractivity contribution in [3.63, 3.8) is 0 Å². The first-order chi connectivity index (χ1) is 8.26. The Labute approximate surface area is 137 Å². The molecule has 0 aromatic carbocycles. The molecule has 2 N–H and O–H groups in total. The van der Waals surface area contributed by atoms with E-state index >= 15 is 0 Å². The van der Waals surface area contributed by atoms with E-state index < -0.39 is 0 Å².